The fourth-order valence-electron chi connectivity index (χ4n) is 10.5. The highest BCUT2D eigenvalue weighted by molar-refractivity contribution is 6.04. The second-order valence-electron chi connectivity index (χ2n) is 18.5. The number of piperazine rings is 1. The zero-order chi connectivity index (χ0) is 44.9. The zero-order valence-electron chi connectivity index (χ0n) is 36.5. The Bertz CT molecular complexity index is 2730. The first kappa shape index (κ1) is 42.5. The van der Waals surface area contributed by atoms with Crippen molar-refractivity contribution in [3.05, 3.63) is 106 Å². The minimum Gasteiger partial charge on any atom is -0.384 e. The van der Waals surface area contributed by atoms with Crippen molar-refractivity contribution in [2.75, 3.05) is 54.4 Å². The van der Waals surface area contributed by atoms with Crippen molar-refractivity contribution in [1.29, 1.82) is 0 Å². The molecule has 2 unspecified atom stereocenters. The monoisotopic (exact) mass is 883 g/mol. The molecule has 5 aromatic rings. The van der Waals surface area contributed by atoms with Gasteiger partial charge in [-0.15, -0.1) is 0 Å². The van der Waals surface area contributed by atoms with Gasteiger partial charge in [0, 0.05) is 74.9 Å². The van der Waals surface area contributed by atoms with Crippen LogP contribution < -0.4 is 31.3 Å². The number of hydrogen-bond donors (Lipinski definition) is 4. The molecule has 3 aromatic heterocycles. The molecule has 338 valence electrons. The highest BCUT2D eigenvalue weighted by Gasteiger charge is 2.44. The van der Waals surface area contributed by atoms with Crippen molar-refractivity contribution in [2.24, 2.45) is 5.41 Å². The van der Waals surface area contributed by atoms with E-state index >= 15 is 4.39 Å². The molecule has 16 nitrogen and oxygen atoms in total. The van der Waals surface area contributed by atoms with Crippen LogP contribution in [0.25, 0.3) is 16.9 Å². The second kappa shape index (κ2) is 17.2. The summed E-state index contributed by atoms with van der Waals surface area (Å²) in [6.07, 6.45) is 12.4. The fraction of sp³-hybridized carbons (Fsp3) is 0.438. The van der Waals surface area contributed by atoms with Crippen LogP contribution >= 0.6 is 0 Å². The minimum absolute atomic E-state index is 0.161. The molecule has 10 rings (SSSR count). The molecule has 5 aliphatic rings. The van der Waals surface area contributed by atoms with Gasteiger partial charge in [-0.3, -0.25) is 29.4 Å². The molecule has 4 aliphatic heterocycles. The number of carbonyl (C=O) groups is 3. The van der Waals surface area contributed by atoms with Crippen molar-refractivity contribution >= 4 is 51.8 Å². The summed E-state index contributed by atoms with van der Waals surface area (Å²) in [7, 11) is 0. The van der Waals surface area contributed by atoms with Crippen LogP contribution in [0.5, 0.6) is 0 Å². The van der Waals surface area contributed by atoms with E-state index in [4.69, 9.17) is 9.97 Å². The van der Waals surface area contributed by atoms with E-state index in [9.17, 15) is 24.3 Å². The van der Waals surface area contributed by atoms with Crippen molar-refractivity contribution in [3.8, 4) is 5.82 Å². The number of aliphatic hydroxyl groups is 1. The average Bonchev–Trinajstić information content (AvgIpc) is 3.84. The topological polar surface area (TPSA) is 183 Å². The summed E-state index contributed by atoms with van der Waals surface area (Å²) < 4.78 is 18.5. The van der Waals surface area contributed by atoms with Crippen LogP contribution in [-0.2, 0) is 21.7 Å². The van der Waals surface area contributed by atoms with Crippen LogP contribution in [0.15, 0.2) is 83.8 Å². The molecule has 0 radical (unpaired) electrons. The molecule has 65 heavy (non-hydrogen) atoms. The standard InChI is InChI=1S/C48H54FN11O5/c1-47(65)17-3-2-4-21-59-45(64)35-30-50-46(55-42(35)60(59)40-7-5-6-39(47)53-40)51-32-9-11-33(12-10-32)56-24-26-57(27-25-56)34-16-18-48(29-34)19-22-58(23-20-48)38-28-31(8-13-36(38)49)43(62)52-37-14-15-41(61)54-44(37)63/h2,4-13,28,30,34,37,65H,3,14-27,29H2,1H3,(H,52,62)(H,50,51,55)(H,54,61,63)/b4-2-/t34?,37?,47-/m1/s1. The molecule has 1 spiro atoms. The van der Waals surface area contributed by atoms with Gasteiger partial charge in [-0.05, 0) is 118 Å². The Kier molecular flexibility index (Phi) is 11.2. The van der Waals surface area contributed by atoms with Crippen LogP contribution in [0.2, 0.25) is 0 Å². The number of benzene rings is 2. The number of imide groups is 1. The van der Waals surface area contributed by atoms with Gasteiger partial charge in [-0.1, -0.05) is 18.2 Å². The maximum Gasteiger partial charge on any atom is 0.278 e. The van der Waals surface area contributed by atoms with Crippen molar-refractivity contribution in [2.45, 2.75) is 88.9 Å². The quantitative estimate of drug-likeness (QED) is 0.128. The van der Waals surface area contributed by atoms with Crippen LogP contribution in [0.3, 0.4) is 0 Å². The SMILES string of the molecule is C[C@@]1(O)CC/C=C\Cn2c(=O)c3cnc(Nc4ccc(N5CCN(C6CCC7(CCN(c8cc(C(=O)NC9CCC(=O)NC9=O)ccc8F)CC7)C6)CC5)cc4)nc3n2-c2cccc1n2. The number of carbonyl (C=O) groups excluding carboxylic acids is 3. The lowest BCUT2D eigenvalue weighted by atomic mass is 9.76. The molecule has 4 N–H and O–H groups in total. The normalized spacial score (nSPS) is 24.0. The number of fused-ring (bicyclic) bond motifs is 6. The van der Waals surface area contributed by atoms with Crippen LogP contribution in [0, 0.1) is 11.2 Å². The first-order valence-corrected chi connectivity index (χ1v) is 22.8. The molecular weight excluding hydrogens is 830 g/mol. The molecule has 1 aliphatic carbocycles. The molecule has 3 atom stereocenters. The Labute approximate surface area is 375 Å². The van der Waals surface area contributed by atoms with Gasteiger partial charge in [0.05, 0.1) is 17.9 Å². The summed E-state index contributed by atoms with van der Waals surface area (Å²) in [5.74, 6) is -0.864. The molecular formula is C48H54FN11O5. The van der Waals surface area contributed by atoms with Crippen LogP contribution in [0.4, 0.5) is 27.4 Å². The van der Waals surface area contributed by atoms with Crippen molar-refractivity contribution in [3.63, 3.8) is 0 Å². The third-order valence-electron chi connectivity index (χ3n) is 14.3. The highest BCUT2D eigenvalue weighted by Crippen LogP contribution is 2.48. The number of nitrogens with zero attached hydrogens (tertiary/aromatic N) is 8. The number of allylic oxidation sites excluding steroid dienone is 2. The first-order valence-electron chi connectivity index (χ1n) is 22.8. The number of nitrogens with one attached hydrogen (secondary N) is 3. The fourth-order valence-corrected chi connectivity index (χ4v) is 10.5. The molecule has 2 bridgehead atoms. The van der Waals surface area contributed by atoms with Gasteiger partial charge in [0.25, 0.3) is 11.5 Å². The molecule has 4 fully saturated rings. The highest BCUT2D eigenvalue weighted by atomic mass is 19.1. The number of aromatic nitrogens is 5. The Hall–Kier alpha value is -6.46. The number of rotatable bonds is 7. The van der Waals surface area contributed by atoms with E-state index in [1.165, 1.54) is 12.1 Å². The summed E-state index contributed by atoms with van der Waals surface area (Å²) in [5, 5.41) is 19.8. The van der Waals surface area contributed by atoms with E-state index in [0.29, 0.717) is 72.7 Å². The number of amides is 3. The van der Waals surface area contributed by atoms with Gasteiger partial charge in [-0.25, -0.2) is 23.7 Å². The molecule has 7 heterocycles. The first-order chi connectivity index (χ1) is 31.4. The Morgan fingerprint density at radius 2 is 1.69 bits per heavy atom. The van der Waals surface area contributed by atoms with Gasteiger partial charge in [0.15, 0.2) is 11.5 Å². The number of pyridine rings is 1. The lowest BCUT2D eigenvalue weighted by molar-refractivity contribution is -0.134. The van der Waals surface area contributed by atoms with Crippen LogP contribution in [-0.4, -0.2) is 103 Å². The van der Waals surface area contributed by atoms with Gasteiger partial charge in [0.1, 0.15) is 22.8 Å². The van der Waals surface area contributed by atoms with E-state index in [-0.39, 0.29) is 41.1 Å². The van der Waals surface area contributed by atoms with E-state index in [1.54, 1.807) is 34.6 Å². The van der Waals surface area contributed by atoms with E-state index in [2.05, 4.69) is 42.9 Å². The number of anilines is 4. The number of halogens is 1. The smallest absolute Gasteiger partial charge is 0.278 e. The Morgan fingerprint density at radius 1 is 0.892 bits per heavy atom. The summed E-state index contributed by atoms with van der Waals surface area (Å²) >= 11 is 0. The summed E-state index contributed by atoms with van der Waals surface area (Å²) in [6.45, 7) is 7.31. The zero-order valence-corrected chi connectivity index (χ0v) is 36.5. The molecule has 17 heteroatoms. The van der Waals surface area contributed by atoms with E-state index in [1.807, 2.05) is 41.3 Å². The Balaban J connectivity index is 0.739. The third kappa shape index (κ3) is 8.50. The summed E-state index contributed by atoms with van der Waals surface area (Å²) in [6, 6.07) is 17.8. The minimum atomic E-state index is -1.13. The maximum atomic E-state index is 15.2. The lowest BCUT2D eigenvalue weighted by Crippen LogP contribution is -2.52. The van der Waals surface area contributed by atoms with Gasteiger partial charge in [-0.2, -0.15) is 4.98 Å². The predicted octanol–water partition coefficient (Wildman–Crippen LogP) is 4.91. The second-order valence-corrected chi connectivity index (χ2v) is 18.5. The lowest BCUT2D eigenvalue weighted by Gasteiger charge is -2.42. The predicted molar refractivity (Wildman–Crippen MR) is 244 cm³/mol. The largest absolute Gasteiger partial charge is 0.384 e. The Morgan fingerprint density at radius 3 is 2.48 bits per heavy atom. The molecule has 3 saturated heterocycles. The van der Waals surface area contributed by atoms with Crippen molar-refractivity contribution < 1.29 is 23.9 Å². The molecule has 3 amide bonds. The van der Waals surface area contributed by atoms with Gasteiger partial charge in [0.2, 0.25) is 17.8 Å². The number of piperidine rings is 2. The third-order valence-corrected chi connectivity index (χ3v) is 14.3. The van der Waals surface area contributed by atoms with Crippen molar-refractivity contribution in [1.82, 2.24) is 39.8 Å². The summed E-state index contributed by atoms with van der Waals surface area (Å²) in [5.41, 5.74) is 2.48. The number of hydrogen-bond acceptors (Lipinski definition) is 12. The average molecular weight is 884 g/mol. The maximum absolute atomic E-state index is 15.2. The van der Waals surface area contributed by atoms with E-state index < -0.39 is 23.5 Å². The van der Waals surface area contributed by atoms with Gasteiger partial charge < -0.3 is 25.5 Å². The van der Waals surface area contributed by atoms with E-state index in [0.717, 1.165) is 69.7 Å². The molecule has 1 saturated carbocycles. The van der Waals surface area contributed by atoms with Gasteiger partial charge >= 0.3 is 0 Å². The molecule has 2 aromatic carbocycles. The summed E-state index contributed by atoms with van der Waals surface area (Å²) in [4.78, 5) is 71.6. The van der Waals surface area contributed by atoms with Crippen LogP contribution in [0.1, 0.15) is 80.8 Å².